The predicted octanol–water partition coefficient (Wildman–Crippen LogP) is 3.37. The van der Waals surface area contributed by atoms with Crippen LogP contribution in [0, 0.1) is 0 Å². The Morgan fingerprint density at radius 1 is 1.17 bits per heavy atom. The van der Waals surface area contributed by atoms with E-state index in [0.29, 0.717) is 23.8 Å². The molecule has 8 heteroatoms. The van der Waals surface area contributed by atoms with Crippen LogP contribution >= 0.6 is 11.6 Å². The van der Waals surface area contributed by atoms with Gasteiger partial charge in [0.1, 0.15) is 0 Å². The number of anilines is 1. The van der Waals surface area contributed by atoms with Crippen LogP contribution in [0.1, 0.15) is 17.2 Å². The molecule has 0 spiro atoms. The maximum absolute atomic E-state index is 12.4. The lowest BCUT2D eigenvalue weighted by Gasteiger charge is -2.26. The smallest absolute Gasteiger partial charge is 0.336 e. The minimum absolute atomic E-state index is 0.0618. The fraction of sp³-hybridized carbons (Fsp3) is 0.227. The molecule has 0 aliphatic rings. The highest BCUT2D eigenvalue weighted by molar-refractivity contribution is 6.31. The molecule has 0 bridgehead atoms. The van der Waals surface area contributed by atoms with Crippen molar-refractivity contribution >= 4 is 23.3 Å². The number of nitrogens with one attached hydrogen (secondary N) is 2. The van der Waals surface area contributed by atoms with Gasteiger partial charge in [0.2, 0.25) is 0 Å². The zero-order valence-electron chi connectivity index (χ0n) is 16.9. The molecule has 1 atom stereocenters. The number of aromatic nitrogens is 2. The van der Waals surface area contributed by atoms with E-state index in [-0.39, 0.29) is 17.8 Å². The number of benzene rings is 2. The number of amides is 2. The molecule has 1 aromatic heterocycles. The molecule has 2 amide bonds. The van der Waals surface area contributed by atoms with E-state index in [1.54, 1.807) is 18.3 Å². The maximum atomic E-state index is 12.4. The molecule has 2 N–H and O–H groups in total. The molecule has 3 rings (SSSR count). The average Bonchev–Trinajstić information content (AvgIpc) is 2.71. The number of likely N-dealkylation sites (N-methyl/N-ethyl adjacent to an activating group) is 1. The van der Waals surface area contributed by atoms with E-state index in [4.69, 9.17) is 11.6 Å². The Morgan fingerprint density at radius 3 is 2.70 bits per heavy atom. The third kappa shape index (κ3) is 5.68. The summed E-state index contributed by atoms with van der Waals surface area (Å²) in [7, 11) is 3.88. The molecule has 0 saturated carbocycles. The highest BCUT2D eigenvalue weighted by atomic mass is 35.5. The summed E-state index contributed by atoms with van der Waals surface area (Å²) >= 11 is 6.32. The van der Waals surface area contributed by atoms with Crippen molar-refractivity contribution in [3.63, 3.8) is 0 Å². The first-order valence-corrected chi connectivity index (χ1v) is 9.88. The molecule has 3 aromatic rings. The van der Waals surface area contributed by atoms with Crippen molar-refractivity contribution in [1.82, 2.24) is 19.8 Å². The topological polar surface area (TPSA) is 79.3 Å². The number of nitrogens with zero attached hydrogens (tertiary/aromatic N) is 3. The van der Waals surface area contributed by atoms with Gasteiger partial charge in [-0.05, 0) is 49.5 Å². The van der Waals surface area contributed by atoms with Gasteiger partial charge in [-0.25, -0.2) is 14.6 Å². The van der Waals surface area contributed by atoms with Gasteiger partial charge < -0.3 is 15.5 Å². The molecule has 7 nitrogen and oxygen atoms in total. The largest absolute Gasteiger partial charge is 0.347 e. The van der Waals surface area contributed by atoms with Crippen molar-refractivity contribution in [2.45, 2.75) is 12.6 Å². The maximum Gasteiger partial charge on any atom is 0.347 e. The molecule has 30 heavy (non-hydrogen) atoms. The van der Waals surface area contributed by atoms with Crippen LogP contribution in [0.5, 0.6) is 0 Å². The minimum atomic E-state index is -0.317. The fourth-order valence-electron chi connectivity index (χ4n) is 3.13. The zero-order valence-corrected chi connectivity index (χ0v) is 17.6. The first kappa shape index (κ1) is 21.5. The van der Waals surface area contributed by atoms with Crippen LogP contribution in [0.4, 0.5) is 10.5 Å². The standard InChI is InChI=1S/C22H24ClN5O2/c1-27(2)20(18-9-3-4-10-19(18)23)14-25-21(29)26-17-8-5-7-16(13-17)15-28-12-6-11-24-22(28)30/h3-13,20H,14-15H2,1-2H3,(H2,25,26,29). The summed E-state index contributed by atoms with van der Waals surface area (Å²) in [6, 6.07) is 16.3. The Kier molecular flexibility index (Phi) is 7.21. The molecule has 0 radical (unpaired) electrons. The van der Waals surface area contributed by atoms with E-state index in [1.807, 2.05) is 61.5 Å². The summed E-state index contributed by atoms with van der Waals surface area (Å²) in [6.07, 6.45) is 3.14. The van der Waals surface area contributed by atoms with Crippen LogP contribution in [-0.2, 0) is 6.54 Å². The second-order valence-corrected chi connectivity index (χ2v) is 7.47. The van der Waals surface area contributed by atoms with E-state index in [9.17, 15) is 9.59 Å². The van der Waals surface area contributed by atoms with Crippen LogP contribution in [0.3, 0.4) is 0 Å². The van der Waals surface area contributed by atoms with Crippen LogP contribution in [0.15, 0.2) is 71.8 Å². The number of carbonyl (C=O) groups excluding carboxylic acids is 1. The van der Waals surface area contributed by atoms with E-state index in [0.717, 1.165) is 11.1 Å². The summed E-state index contributed by atoms with van der Waals surface area (Å²) in [5, 5.41) is 6.40. The van der Waals surface area contributed by atoms with Gasteiger partial charge in [-0.1, -0.05) is 41.9 Å². The first-order valence-electron chi connectivity index (χ1n) is 9.50. The quantitative estimate of drug-likeness (QED) is 0.608. The van der Waals surface area contributed by atoms with Crippen molar-refractivity contribution in [2.24, 2.45) is 0 Å². The van der Waals surface area contributed by atoms with Gasteiger partial charge in [0, 0.05) is 29.6 Å². The molecule has 0 saturated heterocycles. The Hall–Kier alpha value is -3.16. The van der Waals surface area contributed by atoms with Crippen molar-refractivity contribution in [3.05, 3.63) is 93.6 Å². The van der Waals surface area contributed by atoms with Crippen LogP contribution in [0.2, 0.25) is 5.02 Å². The Labute approximate surface area is 180 Å². The molecule has 1 unspecified atom stereocenters. The summed E-state index contributed by atoms with van der Waals surface area (Å²) in [4.78, 5) is 30.0. The number of hydrogen-bond donors (Lipinski definition) is 2. The normalized spacial score (nSPS) is 11.9. The molecule has 0 aliphatic carbocycles. The third-order valence-electron chi connectivity index (χ3n) is 4.66. The van der Waals surface area contributed by atoms with Gasteiger partial charge in [0.05, 0.1) is 12.6 Å². The van der Waals surface area contributed by atoms with Gasteiger partial charge in [-0.15, -0.1) is 0 Å². The number of rotatable bonds is 7. The van der Waals surface area contributed by atoms with E-state index >= 15 is 0 Å². The van der Waals surface area contributed by atoms with Crippen molar-refractivity contribution < 1.29 is 4.79 Å². The van der Waals surface area contributed by atoms with Gasteiger partial charge in [-0.3, -0.25) is 4.57 Å². The summed E-state index contributed by atoms with van der Waals surface area (Å²) in [5.41, 5.74) is 2.16. The van der Waals surface area contributed by atoms with Crippen molar-refractivity contribution in [3.8, 4) is 0 Å². The lowest BCUT2D eigenvalue weighted by atomic mass is 10.1. The SMILES string of the molecule is CN(C)C(CNC(=O)Nc1cccc(Cn2cccnc2=O)c1)c1ccccc1Cl. The summed E-state index contributed by atoms with van der Waals surface area (Å²) in [6.45, 7) is 0.770. The van der Waals surface area contributed by atoms with Gasteiger partial charge in [-0.2, -0.15) is 0 Å². The van der Waals surface area contributed by atoms with E-state index in [1.165, 1.54) is 10.8 Å². The van der Waals surface area contributed by atoms with Gasteiger partial charge in [0.25, 0.3) is 0 Å². The lowest BCUT2D eigenvalue weighted by Crippen LogP contribution is -2.37. The Bertz CT molecular complexity index is 1070. The highest BCUT2D eigenvalue weighted by Gasteiger charge is 2.17. The van der Waals surface area contributed by atoms with Gasteiger partial charge in [0.15, 0.2) is 0 Å². The van der Waals surface area contributed by atoms with Crippen molar-refractivity contribution in [1.29, 1.82) is 0 Å². The lowest BCUT2D eigenvalue weighted by molar-refractivity contribution is 0.243. The number of urea groups is 1. The molecular weight excluding hydrogens is 402 g/mol. The summed E-state index contributed by atoms with van der Waals surface area (Å²) < 4.78 is 1.50. The van der Waals surface area contributed by atoms with Crippen LogP contribution in [0.25, 0.3) is 0 Å². The highest BCUT2D eigenvalue weighted by Crippen LogP contribution is 2.25. The second-order valence-electron chi connectivity index (χ2n) is 7.07. The fourth-order valence-corrected chi connectivity index (χ4v) is 3.39. The summed E-state index contributed by atoms with van der Waals surface area (Å²) in [5.74, 6) is 0. The third-order valence-corrected chi connectivity index (χ3v) is 5.01. The molecule has 0 fully saturated rings. The molecule has 1 heterocycles. The van der Waals surface area contributed by atoms with Gasteiger partial charge >= 0.3 is 11.7 Å². The van der Waals surface area contributed by atoms with E-state index < -0.39 is 0 Å². The molecule has 156 valence electrons. The minimum Gasteiger partial charge on any atom is -0.336 e. The monoisotopic (exact) mass is 425 g/mol. The molecule has 0 aliphatic heterocycles. The number of halogens is 1. The first-order chi connectivity index (χ1) is 14.4. The van der Waals surface area contributed by atoms with Crippen molar-refractivity contribution in [2.75, 3.05) is 26.0 Å². The number of hydrogen-bond acceptors (Lipinski definition) is 4. The molecule has 2 aromatic carbocycles. The molecular formula is C22H24ClN5O2. The average molecular weight is 426 g/mol. The van der Waals surface area contributed by atoms with Crippen LogP contribution in [-0.4, -0.2) is 41.1 Å². The van der Waals surface area contributed by atoms with E-state index in [2.05, 4.69) is 15.6 Å². The second kappa shape index (κ2) is 10.0. The Morgan fingerprint density at radius 2 is 1.97 bits per heavy atom. The Balaban J connectivity index is 1.62. The number of carbonyl (C=O) groups is 1. The van der Waals surface area contributed by atoms with Crippen LogP contribution < -0.4 is 16.3 Å². The zero-order chi connectivity index (χ0) is 21.5. The predicted molar refractivity (Wildman–Crippen MR) is 119 cm³/mol.